The lowest BCUT2D eigenvalue weighted by Gasteiger charge is -2.26. The summed E-state index contributed by atoms with van der Waals surface area (Å²) in [6, 6.07) is 1.75. The van der Waals surface area contributed by atoms with Gasteiger partial charge in [0.2, 0.25) is 10.0 Å². The van der Waals surface area contributed by atoms with Gasteiger partial charge in [-0.1, -0.05) is 26.7 Å². The molecule has 1 aliphatic carbocycles. The minimum absolute atomic E-state index is 0.132. The van der Waals surface area contributed by atoms with Crippen molar-refractivity contribution in [2.24, 2.45) is 0 Å². The second-order valence-corrected chi connectivity index (χ2v) is 7.56. The van der Waals surface area contributed by atoms with Crippen LogP contribution in [0.5, 0.6) is 0 Å². The van der Waals surface area contributed by atoms with Crippen LogP contribution in [0, 0.1) is 0 Å². The number of hydrogen-bond donors (Lipinski definition) is 1. The van der Waals surface area contributed by atoms with E-state index in [1.165, 1.54) is 0 Å². The van der Waals surface area contributed by atoms with E-state index in [1.807, 2.05) is 18.4 Å². The molecular weight excluding hydrogens is 288 g/mol. The molecule has 21 heavy (non-hydrogen) atoms. The predicted octanol–water partition coefficient (Wildman–Crippen LogP) is 2.34. The second-order valence-electron chi connectivity index (χ2n) is 5.67. The van der Waals surface area contributed by atoms with Crippen LogP contribution in [-0.2, 0) is 23.2 Å². The first kappa shape index (κ1) is 16.5. The first-order chi connectivity index (χ1) is 10.0. The van der Waals surface area contributed by atoms with Crippen LogP contribution in [0.3, 0.4) is 0 Å². The Morgan fingerprint density at radius 1 is 1.33 bits per heavy atom. The molecule has 1 aromatic rings. The summed E-state index contributed by atoms with van der Waals surface area (Å²) in [4.78, 5) is 0.314. The zero-order chi connectivity index (χ0) is 15.5. The quantitative estimate of drug-likeness (QED) is 0.840. The van der Waals surface area contributed by atoms with E-state index in [0.29, 0.717) is 17.1 Å². The summed E-state index contributed by atoms with van der Waals surface area (Å²) in [7, 11) is -3.46. The third kappa shape index (κ3) is 3.33. The summed E-state index contributed by atoms with van der Waals surface area (Å²) in [5, 5.41) is 9.40. The van der Waals surface area contributed by atoms with E-state index in [0.717, 1.165) is 38.6 Å². The first-order valence-electron chi connectivity index (χ1n) is 7.86. The van der Waals surface area contributed by atoms with Crippen molar-refractivity contribution in [2.75, 3.05) is 6.54 Å². The van der Waals surface area contributed by atoms with Gasteiger partial charge in [0.05, 0.1) is 6.61 Å². The molecule has 0 amide bonds. The fourth-order valence-electron chi connectivity index (χ4n) is 3.20. The molecule has 120 valence electrons. The van der Waals surface area contributed by atoms with Gasteiger partial charge in [0.25, 0.3) is 0 Å². The molecule has 1 saturated carbocycles. The molecule has 0 saturated heterocycles. The number of nitrogens with zero attached hydrogens (tertiary/aromatic N) is 2. The van der Waals surface area contributed by atoms with Gasteiger partial charge in [0.1, 0.15) is 4.90 Å². The van der Waals surface area contributed by atoms with Crippen molar-refractivity contribution in [1.29, 1.82) is 0 Å². The number of aryl methyl sites for hydroxylation is 1. The molecule has 0 unspecified atom stereocenters. The number of aromatic nitrogens is 1. The Morgan fingerprint density at radius 2 is 2.00 bits per heavy atom. The SMILES string of the molecule is CCCn1cc(S(=O)(=O)N(CC)C2CCCC2)cc1CO. The molecule has 1 N–H and O–H groups in total. The number of aliphatic hydroxyl groups is 1. The average molecular weight is 314 g/mol. The van der Waals surface area contributed by atoms with Gasteiger partial charge in [-0.15, -0.1) is 0 Å². The Bertz CT molecular complexity index is 559. The zero-order valence-corrected chi connectivity index (χ0v) is 13.8. The van der Waals surface area contributed by atoms with Crippen molar-refractivity contribution < 1.29 is 13.5 Å². The summed E-state index contributed by atoms with van der Waals surface area (Å²) >= 11 is 0. The maximum Gasteiger partial charge on any atom is 0.244 e. The van der Waals surface area contributed by atoms with E-state index in [9.17, 15) is 13.5 Å². The highest BCUT2D eigenvalue weighted by molar-refractivity contribution is 7.89. The van der Waals surface area contributed by atoms with Crippen molar-refractivity contribution in [3.05, 3.63) is 18.0 Å². The molecule has 1 heterocycles. The summed E-state index contributed by atoms with van der Waals surface area (Å²) < 4.78 is 29.2. The molecule has 1 fully saturated rings. The van der Waals surface area contributed by atoms with Crippen LogP contribution in [0.2, 0.25) is 0 Å². The van der Waals surface area contributed by atoms with Gasteiger partial charge in [0.15, 0.2) is 0 Å². The van der Waals surface area contributed by atoms with E-state index >= 15 is 0 Å². The highest BCUT2D eigenvalue weighted by atomic mass is 32.2. The number of sulfonamides is 1. The minimum atomic E-state index is -3.46. The van der Waals surface area contributed by atoms with Crippen LogP contribution in [-0.4, -0.2) is 35.0 Å². The molecule has 5 nitrogen and oxygen atoms in total. The third-order valence-corrected chi connectivity index (χ3v) is 6.23. The minimum Gasteiger partial charge on any atom is -0.390 e. The van der Waals surface area contributed by atoms with Crippen LogP contribution in [0.25, 0.3) is 0 Å². The summed E-state index contributed by atoms with van der Waals surface area (Å²) in [5.41, 5.74) is 0.665. The number of aliphatic hydroxyl groups excluding tert-OH is 1. The molecule has 6 heteroatoms. The van der Waals surface area contributed by atoms with Gasteiger partial charge in [-0.2, -0.15) is 4.31 Å². The van der Waals surface area contributed by atoms with Crippen molar-refractivity contribution in [2.45, 2.75) is 70.0 Å². The average Bonchev–Trinajstić information content (AvgIpc) is 3.09. The Labute approximate surface area is 127 Å². The monoisotopic (exact) mass is 314 g/mol. The van der Waals surface area contributed by atoms with Gasteiger partial charge >= 0.3 is 0 Å². The predicted molar refractivity (Wildman–Crippen MR) is 82.5 cm³/mol. The Balaban J connectivity index is 2.33. The lowest BCUT2D eigenvalue weighted by Crippen LogP contribution is -2.38. The van der Waals surface area contributed by atoms with Crippen molar-refractivity contribution in [3.63, 3.8) is 0 Å². The van der Waals surface area contributed by atoms with Gasteiger partial charge in [-0.05, 0) is 25.3 Å². The van der Waals surface area contributed by atoms with Crippen LogP contribution in [0.4, 0.5) is 0 Å². The Morgan fingerprint density at radius 3 is 2.52 bits per heavy atom. The summed E-state index contributed by atoms with van der Waals surface area (Å²) in [5.74, 6) is 0. The molecular formula is C15H26N2O3S. The fraction of sp³-hybridized carbons (Fsp3) is 0.733. The summed E-state index contributed by atoms with van der Waals surface area (Å²) in [6.07, 6.45) is 6.69. The van der Waals surface area contributed by atoms with E-state index < -0.39 is 10.0 Å². The van der Waals surface area contributed by atoms with E-state index in [-0.39, 0.29) is 12.6 Å². The molecule has 0 aliphatic heterocycles. The zero-order valence-electron chi connectivity index (χ0n) is 13.0. The van der Waals surface area contributed by atoms with Gasteiger partial charge in [-0.25, -0.2) is 8.42 Å². The van der Waals surface area contributed by atoms with E-state index in [1.54, 1.807) is 16.6 Å². The standard InChI is InChI=1S/C15H26N2O3S/c1-3-9-16-11-15(10-14(16)12-18)21(19,20)17(4-2)13-7-5-6-8-13/h10-11,13,18H,3-9,12H2,1-2H3. The highest BCUT2D eigenvalue weighted by Crippen LogP contribution is 2.29. The van der Waals surface area contributed by atoms with Crippen LogP contribution in [0.1, 0.15) is 51.6 Å². The second kappa shape index (κ2) is 6.94. The molecule has 0 bridgehead atoms. The Hall–Kier alpha value is -0.850. The number of rotatable bonds is 7. The maximum absolute atomic E-state index is 12.9. The van der Waals surface area contributed by atoms with Crippen LogP contribution >= 0.6 is 0 Å². The molecule has 0 radical (unpaired) electrons. The van der Waals surface area contributed by atoms with Crippen LogP contribution < -0.4 is 0 Å². The fourth-order valence-corrected chi connectivity index (χ4v) is 4.96. The van der Waals surface area contributed by atoms with E-state index in [2.05, 4.69) is 0 Å². The largest absolute Gasteiger partial charge is 0.390 e. The molecule has 0 aromatic carbocycles. The molecule has 2 rings (SSSR count). The molecule has 0 spiro atoms. The van der Waals surface area contributed by atoms with Crippen molar-refractivity contribution in [1.82, 2.24) is 8.87 Å². The van der Waals surface area contributed by atoms with Crippen LogP contribution in [0.15, 0.2) is 17.2 Å². The molecule has 1 aromatic heterocycles. The summed E-state index contributed by atoms with van der Waals surface area (Å²) in [6.45, 7) is 5.02. The lowest BCUT2D eigenvalue weighted by atomic mass is 10.2. The third-order valence-electron chi connectivity index (χ3n) is 4.24. The normalized spacial score (nSPS) is 17.0. The highest BCUT2D eigenvalue weighted by Gasteiger charge is 2.32. The Kier molecular flexibility index (Phi) is 5.46. The smallest absolute Gasteiger partial charge is 0.244 e. The number of hydrogen-bond acceptors (Lipinski definition) is 3. The first-order valence-corrected chi connectivity index (χ1v) is 9.30. The van der Waals surface area contributed by atoms with Gasteiger partial charge in [0, 0.05) is 31.0 Å². The van der Waals surface area contributed by atoms with Crippen molar-refractivity contribution in [3.8, 4) is 0 Å². The van der Waals surface area contributed by atoms with Gasteiger partial charge < -0.3 is 9.67 Å². The molecule has 0 atom stereocenters. The topological polar surface area (TPSA) is 62.5 Å². The van der Waals surface area contributed by atoms with Gasteiger partial charge in [-0.3, -0.25) is 0 Å². The maximum atomic E-state index is 12.9. The lowest BCUT2D eigenvalue weighted by molar-refractivity contribution is 0.270. The van der Waals surface area contributed by atoms with Crippen molar-refractivity contribution >= 4 is 10.0 Å². The van der Waals surface area contributed by atoms with E-state index in [4.69, 9.17) is 0 Å². The molecule has 1 aliphatic rings.